The number of hydrogen-bond donors (Lipinski definition) is 0. The number of carbonyl (C=O) groups is 2. The second-order valence-electron chi connectivity index (χ2n) is 4.69. The van der Waals surface area contributed by atoms with Crippen molar-refractivity contribution in [2.45, 2.75) is 0 Å². The van der Waals surface area contributed by atoms with E-state index in [1.54, 1.807) is 20.3 Å². The first-order valence-electron chi connectivity index (χ1n) is 6.59. The predicted molar refractivity (Wildman–Crippen MR) is 79.1 cm³/mol. The summed E-state index contributed by atoms with van der Waals surface area (Å²) in [5.74, 6) is -0.734. The molecule has 2 rings (SSSR count). The van der Waals surface area contributed by atoms with E-state index in [0.29, 0.717) is 0 Å². The molecule has 0 aliphatic carbocycles. The fourth-order valence-corrected chi connectivity index (χ4v) is 1.69. The summed E-state index contributed by atoms with van der Waals surface area (Å²) in [6.45, 7) is -0.340. The highest BCUT2D eigenvalue weighted by atomic mass is 16.5. The summed E-state index contributed by atoms with van der Waals surface area (Å²) in [7, 11) is 4.61. The second kappa shape index (κ2) is 6.75. The number of para-hydroxylation sites is 1. The smallest absolute Gasteiger partial charge is 0.363 e. The highest BCUT2D eigenvalue weighted by Crippen LogP contribution is 2.20. The van der Waals surface area contributed by atoms with Gasteiger partial charge in [0.2, 0.25) is 5.69 Å². The Bertz CT molecular complexity index is 665. The van der Waals surface area contributed by atoms with Crippen LogP contribution in [0, 0.1) is 0 Å². The van der Waals surface area contributed by atoms with Crippen molar-refractivity contribution in [1.82, 2.24) is 14.7 Å². The van der Waals surface area contributed by atoms with Crippen LogP contribution >= 0.6 is 0 Å². The van der Waals surface area contributed by atoms with Gasteiger partial charge in [-0.2, -0.15) is 5.10 Å². The van der Waals surface area contributed by atoms with Crippen molar-refractivity contribution < 1.29 is 19.1 Å². The first kappa shape index (κ1) is 15.6. The Hall–Kier alpha value is -2.83. The van der Waals surface area contributed by atoms with Crippen LogP contribution in [0.1, 0.15) is 10.5 Å². The number of likely N-dealkylation sites (N-methyl/N-ethyl adjacent to an activating group) is 1. The molecule has 116 valence electrons. The van der Waals surface area contributed by atoms with Gasteiger partial charge in [0.25, 0.3) is 5.91 Å². The molecule has 0 bridgehead atoms. The highest BCUT2D eigenvalue weighted by molar-refractivity contribution is 5.92. The molecule has 0 fully saturated rings. The first-order chi connectivity index (χ1) is 10.5. The van der Waals surface area contributed by atoms with Crippen LogP contribution in [0.25, 0.3) is 5.69 Å². The predicted octanol–water partition coefficient (Wildman–Crippen LogP) is 1.13. The number of esters is 1. The maximum absolute atomic E-state index is 12.0. The number of methoxy groups -OCH3 is 1. The summed E-state index contributed by atoms with van der Waals surface area (Å²) in [5, 5.41) is 4.17. The molecular formula is C15H17N3O4. The molecule has 1 amide bonds. The van der Waals surface area contributed by atoms with Gasteiger partial charge in [0.05, 0.1) is 19.0 Å². The van der Waals surface area contributed by atoms with Crippen molar-refractivity contribution in [2.75, 3.05) is 27.8 Å². The number of carbonyl (C=O) groups excluding carboxylic acids is 2. The van der Waals surface area contributed by atoms with E-state index in [9.17, 15) is 9.59 Å². The van der Waals surface area contributed by atoms with Crippen molar-refractivity contribution in [3.05, 3.63) is 42.2 Å². The van der Waals surface area contributed by atoms with Gasteiger partial charge in [-0.25, -0.2) is 9.48 Å². The Morgan fingerprint density at radius 3 is 2.50 bits per heavy atom. The minimum absolute atomic E-state index is 0.0258. The van der Waals surface area contributed by atoms with Gasteiger partial charge in [-0.15, -0.1) is 0 Å². The van der Waals surface area contributed by atoms with Crippen LogP contribution in [0.15, 0.2) is 36.5 Å². The maximum atomic E-state index is 12.0. The highest BCUT2D eigenvalue weighted by Gasteiger charge is 2.21. The standard InChI is InChI=1S/C15H17N3O4/c1-17(2)13(19)10-22-15(20)14-12(21-3)9-18(16-14)11-7-5-4-6-8-11/h4-9H,10H2,1-3H3. The number of benzene rings is 1. The van der Waals surface area contributed by atoms with E-state index in [2.05, 4.69) is 5.10 Å². The van der Waals surface area contributed by atoms with Crippen LogP contribution in [0.2, 0.25) is 0 Å². The summed E-state index contributed by atoms with van der Waals surface area (Å²) in [6.07, 6.45) is 1.58. The Balaban J connectivity index is 2.18. The van der Waals surface area contributed by atoms with Crippen molar-refractivity contribution in [1.29, 1.82) is 0 Å². The minimum atomic E-state index is -0.707. The molecule has 1 heterocycles. The Labute approximate surface area is 128 Å². The molecule has 0 saturated heterocycles. The fraction of sp³-hybridized carbons (Fsp3) is 0.267. The largest absolute Gasteiger partial charge is 0.493 e. The summed E-state index contributed by atoms with van der Waals surface area (Å²) >= 11 is 0. The lowest BCUT2D eigenvalue weighted by Crippen LogP contribution is -2.27. The topological polar surface area (TPSA) is 73.7 Å². The molecule has 0 radical (unpaired) electrons. The second-order valence-corrected chi connectivity index (χ2v) is 4.69. The van der Waals surface area contributed by atoms with Crippen LogP contribution in [-0.4, -0.2) is 54.4 Å². The van der Waals surface area contributed by atoms with Gasteiger partial charge in [0.1, 0.15) is 0 Å². The van der Waals surface area contributed by atoms with Gasteiger partial charge in [0, 0.05) is 14.1 Å². The number of rotatable bonds is 5. The molecular weight excluding hydrogens is 286 g/mol. The lowest BCUT2D eigenvalue weighted by Gasteiger charge is -2.09. The van der Waals surface area contributed by atoms with Gasteiger partial charge >= 0.3 is 5.97 Å². The van der Waals surface area contributed by atoms with E-state index in [-0.39, 0.29) is 24.0 Å². The quantitative estimate of drug-likeness (QED) is 0.774. The van der Waals surface area contributed by atoms with Crippen molar-refractivity contribution in [2.24, 2.45) is 0 Å². The fourth-order valence-electron chi connectivity index (χ4n) is 1.69. The third-order valence-electron chi connectivity index (χ3n) is 2.94. The number of aromatic nitrogens is 2. The summed E-state index contributed by atoms with van der Waals surface area (Å²) in [5.41, 5.74) is 0.808. The number of hydrogen-bond acceptors (Lipinski definition) is 5. The Morgan fingerprint density at radius 1 is 1.23 bits per heavy atom. The van der Waals surface area contributed by atoms with Crippen LogP contribution in [0.4, 0.5) is 0 Å². The molecule has 1 aromatic carbocycles. The molecule has 0 atom stereocenters. The van der Waals surface area contributed by atoms with E-state index >= 15 is 0 Å². The van der Waals surface area contributed by atoms with Crippen LogP contribution in [0.3, 0.4) is 0 Å². The van der Waals surface area contributed by atoms with E-state index in [4.69, 9.17) is 9.47 Å². The molecule has 7 heteroatoms. The Morgan fingerprint density at radius 2 is 1.91 bits per heavy atom. The molecule has 0 unspecified atom stereocenters. The maximum Gasteiger partial charge on any atom is 0.363 e. The van der Waals surface area contributed by atoms with Crippen LogP contribution in [0.5, 0.6) is 5.75 Å². The lowest BCUT2D eigenvalue weighted by atomic mass is 10.3. The van der Waals surface area contributed by atoms with E-state index in [0.717, 1.165) is 5.69 Å². The van der Waals surface area contributed by atoms with Gasteiger partial charge in [-0.1, -0.05) is 18.2 Å². The van der Waals surface area contributed by atoms with Gasteiger partial charge in [-0.3, -0.25) is 4.79 Å². The van der Waals surface area contributed by atoms with E-state index in [1.807, 2.05) is 30.3 Å². The molecule has 1 aromatic heterocycles. The average molecular weight is 303 g/mol. The van der Waals surface area contributed by atoms with Crippen molar-refractivity contribution >= 4 is 11.9 Å². The molecule has 22 heavy (non-hydrogen) atoms. The summed E-state index contributed by atoms with van der Waals surface area (Å²) < 4.78 is 11.6. The SMILES string of the molecule is COc1cn(-c2ccccc2)nc1C(=O)OCC(=O)N(C)C. The third kappa shape index (κ3) is 3.43. The number of amides is 1. The van der Waals surface area contributed by atoms with E-state index < -0.39 is 5.97 Å². The van der Waals surface area contributed by atoms with Crippen LogP contribution < -0.4 is 4.74 Å². The molecule has 0 N–H and O–H groups in total. The van der Waals surface area contributed by atoms with Gasteiger partial charge < -0.3 is 14.4 Å². The number of nitrogens with zero attached hydrogens (tertiary/aromatic N) is 3. The average Bonchev–Trinajstić information content (AvgIpc) is 2.97. The van der Waals surface area contributed by atoms with E-state index in [1.165, 1.54) is 16.7 Å². The molecule has 7 nitrogen and oxygen atoms in total. The molecule has 2 aromatic rings. The zero-order valence-electron chi connectivity index (χ0n) is 12.6. The zero-order chi connectivity index (χ0) is 16.1. The first-order valence-corrected chi connectivity index (χ1v) is 6.59. The molecule has 0 aliphatic rings. The third-order valence-corrected chi connectivity index (χ3v) is 2.94. The van der Waals surface area contributed by atoms with Gasteiger partial charge in [-0.05, 0) is 12.1 Å². The molecule has 0 aliphatic heterocycles. The molecule has 0 spiro atoms. The molecule has 0 saturated carbocycles. The lowest BCUT2D eigenvalue weighted by molar-refractivity contribution is -0.131. The normalized spacial score (nSPS) is 10.1. The minimum Gasteiger partial charge on any atom is -0.493 e. The summed E-state index contributed by atoms with van der Waals surface area (Å²) in [6, 6.07) is 9.29. The number of ether oxygens (including phenoxy) is 2. The van der Waals surface area contributed by atoms with Gasteiger partial charge in [0.15, 0.2) is 12.4 Å². The van der Waals surface area contributed by atoms with Crippen molar-refractivity contribution in [3.8, 4) is 11.4 Å². The van der Waals surface area contributed by atoms with Crippen LogP contribution in [-0.2, 0) is 9.53 Å². The zero-order valence-corrected chi connectivity index (χ0v) is 12.6. The monoisotopic (exact) mass is 303 g/mol. The summed E-state index contributed by atoms with van der Waals surface area (Å²) in [4.78, 5) is 24.8. The van der Waals surface area contributed by atoms with Crippen molar-refractivity contribution in [3.63, 3.8) is 0 Å². The Kier molecular flexibility index (Phi) is 4.77.